The van der Waals surface area contributed by atoms with Gasteiger partial charge in [0.2, 0.25) is 10.0 Å². The molecule has 0 bridgehead atoms. The molecule has 0 aliphatic heterocycles. The molecule has 1 atom stereocenters. The first-order chi connectivity index (χ1) is 12.8. The summed E-state index contributed by atoms with van der Waals surface area (Å²) in [6.45, 7) is 3.70. The lowest BCUT2D eigenvalue weighted by molar-refractivity contribution is 0.382. The molecule has 0 saturated heterocycles. The van der Waals surface area contributed by atoms with Crippen molar-refractivity contribution in [3.8, 4) is 11.4 Å². The summed E-state index contributed by atoms with van der Waals surface area (Å²) in [4.78, 5) is 4.09. The Morgan fingerprint density at radius 3 is 2.44 bits per heavy atom. The number of hydrogen-bond acceptors (Lipinski definition) is 5. The van der Waals surface area contributed by atoms with Crippen molar-refractivity contribution in [2.75, 3.05) is 14.2 Å². The molecule has 142 valence electrons. The normalized spacial score (nSPS) is 12.9. The average Bonchev–Trinajstić information content (AvgIpc) is 3.21. The van der Waals surface area contributed by atoms with Crippen molar-refractivity contribution in [3.63, 3.8) is 0 Å². The highest BCUT2D eigenvalue weighted by Gasteiger charge is 2.29. The molecule has 0 spiro atoms. The second-order valence-corrected chi connectivity index (χ2v) is 8.25. The predicted octanol–water partition coefficient (Wildman–Crippen LogP) is 2.97. The first-order valence-electron chi connectivity index (χ1n) is 8.42. The molecule has 3 rings (SSSR count). The highest BCUT2D eigenvalue weighted by molar-refractivity contribution is 7.89. The highest BCUT2D eigenvalue weighted by atomic mass is 32.2. The lowest BCUT2D eigenvalue weighted by atomic mass is 10.1. The molecular formula is C19H22N4O3S. The van der Waals surface area contributed by atoms with Crippen molar-refractivity contribution in [1.82, 2.24) is 19.1 Å². The summed E-state index contributed by atoms with van der Waals surface area (Å²) >= 11 is 0. The number of aromatic nitrogens is 3. The Kier molecular flexibility index (Phi) is 5.29. The maximum Gasteiger partial charge on any atom is 0.247 e. The van der Waals surface area contributed by atoms with Crippen LogP contribution in [0.2, 0.25) is 0 Å². The van der Waals surface area contributed by atoms with Crippen LogP contribution in [0.25, 0.3) is 5.69 Å². The zero-order chi connectivity index (χ0) is 19.6. The summed E-state index contributed by atoms with van der Waals surface area (Å²) in [5, 5.41) is 4.09. The second kappa shape index (κ2) is 7.50. The van der Waals surface area contributed by atoms with Gasteiger partial charge in [0.25, 0.3) is 0 Å². The standard InChI is InChI=1S/C19H22N4O3S/c1-14-5-10-18(26-4)19(11-14)27(24,25)22(3)15(2)16-6-8-17(9-7-16)23-13-20-12-21-23/h5-13,15H,1-4H3/t15-/m1/s1. The number of methoxy groups -OCH3 is 1. The summed E-state index contributed by atoms with van der Waals surface area (Å²) in [5.41, 5.74) is 2.58. The third kappa shape index (κ3) is 3.72. The van der Waals surface area contributed by atoms with Crippen LogP contribution in [-0.4, -0.2) is 41.6 Å². The molecule has 0 aliphatic rings. The van der Waals surface area contributed by atoms with Gasteiger partial charge in [0.1, 0.15) is 23.3 Å². The van der Waals surface area contributed by atoms with E-state index in [1.54, 1.807) is 30.2 Å². The fourth-order valence-corrected chi connectivity index (χ4v) is 4.39. The van der Waals surface area contributed by atoms with E-state index < -0.39 is 10.0 Å². The summed E-state index contributed by atoms with van der Waals surface area (Å²) in [7, 11) is -0.679. The Hall–Kier alpha value is -2.71. The van der Waals surface area contributed by atoms with Gasteiger partial charge in [-0.05, 0) is 49.2 Å². The van der Waals surface area contributed by atoms with Crippen LogP contribution in [0.4, 0.5) is 0 Å². The molecule has 0 amide bonds. The summed E-state index contributed by atoms with van der Waals surface area (Å²) in [5.74, 6) is 0.334. The maximum atomic E-state index is 13.2. The topological polar surface area (TPSA) is 77.3 Å². The minimum absolute atomic E-state index is 0.165. The van der Waals surface area contributed by atoms with Gasteiger partial charge in [-0.1, -0.05) is 18.2 Å². The fourth-order valence-electron chi connectivity index (χ4n) is 2.81. The SMILES string of the molecule is COc1ccc(C)cc1S(=O)(=O)N(C)[C@H](C)c1ccc(-n2cncn2)cc1. The Morgan fingerprint density at radius 1 is 1.15 bits per heavy atom. The summed E-state index contributed by atoms with van der Waals surface area (Å²) in [6, 6.07) is 12.3. The van der Waals surface area contributed by atoms with Crippen LogP contribution in [0.5, 0.6) is 5.75 Å². The lowest BCUT2D eigenvalue weighted by Crippen LogP contribution is -2.30. The van der Waals surface area contributed by atoms with Gasteiger partial charge in [-0.2, -0.15) is 9.40 Å². The Bertz CT molecular complexity index is 1020. The first kappa shape index (κ1) is 19.1. The van der Waals surface area contributed by atoms with Crippen molar-refractivity contribution in [3.05, 3.63) is 66.2 Å². The number of ether oxygens (including phenoxy) is 1. The van der Waals surface area contributed by atoms with Gasteiger partial charge in [0.15, 0.2) is 0 Å². The minimum Gasteiger partial charge on any atom is -0.495 e. The molecule has 0 fully saturated rings. The Labute approximate surface area is 159 Å². The van der Waals surface area contributed by atoms with E-state index in [4.69, 9.17) is 4.74 Å². The fraction of sp³-hybridized carbons (Fsp3) is 0.263. The number of nitrogens with zero attached hydrogens (tertiary/aromatic N) is 4. The molecule has 0 radical (unpaired) electrons. The monoisotopic (exact) mass is 386 g/mol. The molecule has 1 heterocycles. The molecule has 0 saturated carbocycles. The van der Waals surface area contributed by atoms with Crippen LogP contribution in [-0.2, 0) is 10.0 Å². The maximum absolute atomic E-state index is 13.2. The molecular weight excluding hydrogens is 364 g/mol. The quantitative estimate of drug-likeness (QED) is 0.651. The van der Waals surface area contributed by atoms with Gasteiger partial charge in [0, 0.05) is 13.1 Å². The minimum atomic E-state index is -3.72. The third-order valence-corrected chi connectivity index (χ3v) is 6.53. The van der Waals surface area contributed by atoms with E-state index >= 15 is 0 Å². The average molecular weight is 386 g/mol. The molecule has 3 aromatic rings. The number of hydrogen-bond donors (Lipinski definition) is 0. The van der Waals surface area contributed by atoms with Crippen molar-refractivity contribution >= 4 is 10.0 Å². The third-order valence-electron chi connectivity index (χ3n) is 4.58. The highest BCUT2D eigenvalue weighted by Crippen LogP contribution is 2.31. The van der Waals surface area contributed by atoms with Crippen LogP contribution in [0.1, 0.15) is 24.1 Å². The Balaban J connectivity index is 1.90. The second-order valence-electron chi connectivity index (χ2n) is 6.28. The van der Waals surface area contributed by atoms with E-state index in [1.807, 2.05) is 44.2 Å². The van der Waals surface area contributed by atoms with E-state index in [9.17, 15) is 8.42 Å². The molecule has 2 aromatic carbocycles. The first-order valence-corrected chi connectivity index (χ1v) is 9.86. The van der Waals surface area contributed by atoms with Crippen LogP contribution < -0.4 is 4.74 Å². The van der Waals surface area contributed by atoms with Gasteiger partial charge in [-0.25, -0.2) is 18.1 Å². The summed E-state index contributed by atoms with van der Waals surface area (Å²) < 4.78 is 34.6. The van der Waals surface area contributed by atoms with E-state index in [2.05, 4.69) is 10.1 Å². The lowest BCUT2D eigenvalue weighted by Gasteiger charge is -2.25. The molecule has 0 unspecified atom stereocenters. The molecule has 0 N–H and O–H groups in total. The van der Waals surface area contributed by atoms with Gasteiger partial charge >= 0.3 is 0 Å². The van der Waals surface area contributed by atoms with E-state index in [-0.39, 0.29) is 10.9 Å². The van der Waals surface area contributed by atoms with Crippen LogP contribution >= 0.6 is 0 Å². The molecule has 27 heavy (non-hydrogen) atoms. The van der Waals surface area contributed by atoms with Crippen molar-refractivity contribution < 1.29 is 13.2 Å². The number of aryl methyl sites for hydroxylation is 1. The Morgan fingerprint density at radius 2 is 1.85 bits per heavy atom. The molecule has 0 aliphatic carbocycles. The van der Waals surface area contributed by atoms with E-state index in [0.29, 0.717) is 5.75 Å². The predicted molar refractivity (Wildman–Crippen MR) is 102 cm³/mol. The van der Waals surface area contributed by atoms with Gasteiger partial charge in [-0.3, -0.25) is 0 Å². The van der Waals surface area contributed by atoms with Crippen LogP contribution in [0, 0.1) is 6.92 Å². The largest absolute Gasteiger partial charge is 0.495 e. The molecule has 1 aromatic heterocycles. The van der Waals surface area contributed by atoms with Gasteiger partial charge in [-0.15, -0.1) is 0 Å². The molecule has 7 nitrogen and oxygen atoms in total. The van der Waals surface area contributed by atoms with Crippen molar-refractivity contribution in [1.29, 1.82) is 0 Å². The zero-order valence-corrected chi connectivity index (χ0v) is 16.5. The van der Waals surface area contributed by atoms with Crippen LogP contribution in [0.3, 0.4) is 0 Å². The number of benzene rings is 2. The van der Waals surface area contributed by atoms with Gasteiger partial charge < -0.3 is 4.74 Å². The zero-order valence-electron chi connectivity index (χ0n) is 15.7. The van der Waals surface area contributed by atoms with E-state index in [0.717, 1.165) is 16.8 Å². The van der Waals surface area contributed by atoms with Gasteiger partial charge in [0.05, 0.1) is 12.8 Å². The molecule has 8 heteroatoms. The van der Waals surface area contributed by atoms with Crippen LogP contribution in [0.15, 0.2) is 60.0 Å². The van der Waals surface area contributed by atoms with E-state index in [1.165, 1.54) is 17.7 Å². The number of rotatable bonds is 6. The van der Waals surface area contributed by atoms with Crippen molar-refractivity contribution in [2.45, 2.75) is 24.8 Å². The smallest absolute Gasteiger partial charge is 0.247 e. The summed E-state index contributed by atoms with van der Waals surface area (Å²) in [6.07, 6.45) is 3.07. The number of sulfonamides is 1. The van der Waals surface area contributed by atoms with Crippen molar-refractivity contribution in [2.24, 2.45) is 0 Å².